The first-order valence-electron chi connectivity index (χ1n) is 8.39. The lowest BCUT2D eigenvalue weighted by Crippen LogP contribution is -2.27. The van der Waals surface area contributed by atoms with Crippen molar-refractivity contribution in [2.75, 3.05) is 18.5 Å². The zero-order valence-electron chi connectivity index (χ0n) is 14.5. The van der Waals surface area contributed by atoms with E-state index in [0.717, 1.165) is 16.9 Å². The lowest BCUT2D eigenvalue weighted by atomic mass is 10.1. The van der Waals surface area contributed by atoms with Gasteiger partial charge < -0.3 is 15.7 Å². The van der Waals surface area contributed by atoms with Gasteiger partial charge in [-0.15, -0.1) is 0 Å². The predicted octanol–water partition coefficient (Wildman–Crippen LogP) is 2.16. The van der Waals surface area contributed by atoms with E-state index in [1.807, 2.05) is 54.2 Å². The molecule has 134 valence electrons. The molecule has 0 saturated carbocycles. The van der Waals surface area contributed by atoms with Gasteiger partial charge in [0.2, 0.25) is 0 Å². The van der Waals surface area contributed by atoms with Crippen molar-refractivity contribution in [3.05, 3.63) is 72.3 Å². The van der Waals surface area contributed by atoms with Crippen LogP contribution in [-0.2, 0) is 0 Å². The van der Waals surface area contributed by atoms with Gasteiger partial charge in [-0.05, 0) is 36.8 Å². The van der Waals surface area contributed by atoms with E-state index in [-0.39, 0.29) is 25.1 Å². The first-order chi connectivity index (χ1) is 12.7. The van der Waals surface area contributed by atoms with Crippen LogP contribution in [0.1, 0.15) is 29.0 Å². The van der Waals surface area contributed by atoms with Gasteiger partial charge >= 0.3 is 0 Å². The summed E-state index contributed by atoms with van der Waals surface area (Å²) in [6.07, 6.45) is 5.24. The largest absolute Gasteiger partial charge is 0.395 e. The van der Waals surface area contributed by atoms with Gasteiger partial charge in [-0.25, -0.2) is 4.68 Å². The maximum Gasteiger partial charge on any atom is 0.270 e. The van der Waals surface area contributed by atoms with Crippen LogP contribution in [0.5, 0.6) is 0 Å². The highest BCUT2D eigenvalue weighted by Crippen LogP contribution is 2.24. The van der Waals surface area contributed by atoms with Crippen molar-refractivity contribution in [3.8, 4) is 5.69 Å². The van der Waals surface area contributed by atoms with Gasteiger partial charge in [0.15, 0.2) is 0 Å². The fraction of sp³-hybridized carbons (Fsp3) is 0.211. The summed E-state index contributed by atoms with van der Waals surface area (Å²) in [5.74, 6) is -0.313. The van der Waals surface area contributed by atoms with Crippen molar-refractivity contribution >= 4 is 11.6 Å². The maximum atomic E-state index is 12.0. The predicted molar refractivity (Wildman–Crippen MR) is 99.3 cm³/mol. The Bertz CT molecular complexity index is 864. The van der Waals surface area contributed by atoms with Gasteiger partial charge in [-0.1, -0.05) is 18.2 Å². The molecule has 0 saturated heterocycles. The van der Waals surface area contributed by atoms with Crippen molar-refractivity contribution < 1.29 is 9.90 Å². The number of hydrogen-bond acceptors (Lipinski definition) is 5. The van der Waals surface area contributed by atoms with Crippen molar-refractivity contribution in [2.24, 2.45) is 0 Å². The molecule has 26 heavy (non-hydrogen) atoms. The van der Waals surface area contributed by atoms with Crippen LogP contribution in [0.3, 0.4) is 0 Å². The molecule has 1 amide bonds. The number of nitrogens with zero attached hydrogens (tertiary/aromatic N) is 3. The van der Waals surface area contributed by atoms with Crippen LogP contribution in [0.15, 0.2) is 61.1 Å². The molecule has 0 bridgehead atoms. The molecule has 1 aromatic carbocycles. The molecule has 3 aromatic rings. The van der Waals surface area contributed by atoms with E-state index >= 15 is 0 Å². The quantitative estimate of drug-likeness (QED) is 0.607. The smallest absolute Gasteiger partial charge is 0.270 e. The third kappa shape index (κ3) is 4.07. The zero-order valence-corrected chi connectivity index (χ0v) is 14.5. The lowest BCUT2D eigenvalue weighted by Gasteiger charge is -2.19. The molecule has 7 nitrogen and oxygen atoms in total. The summed E-state index contributed by atoms with van der Waals surface area (Å²) in [6.45, 7) is 2.14. The second-order valence-corrected chi connectivity index (χ2v) is 5.78. The number of para-hydroxylation sites is 1. The summed E-state index contributed by atoms with van der Waals surface area (Å²) in [4.78, 5) is 16.1. The van der Waals surface area contributed by atoms with E-state index in [2.05, 4.69) is 20.7 Å². The van der Waals surface area contributed by atoms with Crippen LogP contribution >= 0.6 is 0 Å². The molecule has 2 aromatic heterocycles. The first-order valence-corrected chi connectivity index (χ1v) is 8.39. The maximum absolute atomic E-state index is 12.0. The summed E-state index contributed by atoms with van der Waals surface area (Å²) in [5, 5.41) is 19.1. The number of carbonyl (C=O) groups excluding carboxylic acids is 1. The van der Waals surface area contributed by atoms with E-state index in [1.165, 1.54) is 0 Å². The molecule has 0 aliphatic carbocycles. The number of hydrogen-bond donors (Lipinski definition) is 3. The molecular formula is C19H21N5O2. The molecule has 1 atom stereocenters. The summed E-state index contributed by atoms with van der Waals surface area (Å²) < 4.78 is 1.83. The van der Waals surface area contributed by atoms with Crippen LogP contribution in [0.2, 0.25) is 0 Å². The Morgan fingerprint density at radius 3 is 2.85 bits per heavy atom. The number of anilines is 1. The van der Waals surface area contributed by atoms with Gasteiger partial charge in [-0.2, -0.15) is 5.10 Å². The van der Waals surface area contributed by atoms with E-state index < -0.39 is 0 Å². The Hall–Kier alpha value is -3.19. The average Bonchev–Trinajstić information content (AvgIpc) is 3.21. The number of carbonyl (C=O) groups is 1. The van der Waals surface area contributed by atoms with Crippen LogP contribution in [0.4, 0.5) is 5.69 Å². The van der Waals surface area contributed by atoms with Crippen LogP contribution < -0.4 is 10.6 Å². The highest BCUT2D eigenvalue weighted by molar-refractivity contribution is 5.93. The van der Waals surface area contributed by atoms with Gasteiger partial charge in [-0.3, -0.25) is 9.78 Å². The van der Waals surface area contributed by atoms with Gasteiger partial charge in [0.1, 0.15) is 5.69 Å². The fourth-order valence-corrected chi connectivity index (χ4v) is 2.71. The number of amides is 1. The van der Waals surface area contributed by atoms with Crippen LogP contribution in [-0.4, -0.2) is 38.9 Å². The Balaban J connectivity index is 1.79. The van der Waals surface area contributed by atoms with Gasteiger partial charge in [0, 0.05) is 30.8 Å². The summed E-state index contributed by atoms with van der Waals surface area (Å²) in [6, 6.07) is 13.4. The minimum Gasteiger partial charge on any atom is -0.395 e. The molecule has 0 radical (unpaired) electrons. The fourth-order valence-electron chi connectivity index (χ4n) is 2.71. The van der Waals surface area contributed by atoms with Gasteiger partial charge in [0.05, 0.1) is 18.3 Å². The third-order valence-electron chi connectivity index (χ3n) is 3.93. The summed E-state index contributed by atoms with van der Waals surface area (Å²) in [7, 11) is 0. The number of rotatable bonds is 7. The standard InChI is InChI=1S/C19H21N5O2/c1-14(16-5-2-3-6-18(16)24-11-4-8-22-24)23-15-7-9-20-17(13-15)19(26)21-10-12-25/h2-9,11,13-14,25H,10,12H2,1H3,(H,20,23)(H,21,26). The van der Waals surface area contributed by atoms with Crippen LogP contribution in [0, 0.1) is 0 Å². The van der Waals surface area contributed by atoms with E-state index in [1.54, 1.807) is 18.5 Å². The second-order valence-electron chi connectivity index (χ2n) is 5.78. The third-order valence-corrected chi connectivity index (χ3v) is 3.93. The number of benzene rings is 1. The molecule has 2 heterocycles. The second kappa shape index (κ2) is 8.26. The number of aliphatic hydroxyl groups is 1. The Kier molecular flexibility index (Phi) is 5.60. The van der Waals surface area contributed by atoms with Crippen molar-refractivity contribution in [1.29, 1.82) is 0 Å². The highest BCUT2D eigenvalue weighted by atomic mass is 16.3. The minimum atomic E-state index is -0.313. The summed E-state index contributed by atoms with van der Waals surface area (Å²) >= 11 is 0. The molecule has 7 heteroatoms. The van der Waals surface area contributed by atoms with Crippen LogP contribution in [0.25, 0.3) is 5.69 Å². The van der Waals surface area contributed by atoms with Crippen molar-refractivity contribution in [3.63, 3.8) is 0 Å². The minimum absolute atomic E-state index is 0.00819. The Morgan fingerprint density at radius 2 is 2.08 bits per heavy atom. The van der Waals surface area contributed by atoms with E-state index in [0.29, 0.717) is 5.69 Å². The molecule has 0 aliphatic heterocycles. The van der Waals surface area contributed by atoms with Gasteiger partial charge in [0.25, 0.3) is 5.91 Å². The van der Waals surface area contributed by atoms with E-state index in [4.69, 9.17) is 5.11 Å². The molecule has 3 N–H and O–H groups in total. The monoisotopic (exact) mass is 351 g/mol. The highest BCUT2D eigenvalue weighted by Gasteiger charge is 2.13. The van der Waals surface area contributed by atoms with E-state index in [9.17, 15) is 4.79 Å². The van der Waals surface area contributed by atoms with Crippen molar-refractivity contribution in [2.45, 2.75) is 13.0 Å². The summed E-state index contributed by atoms with van der Waals surface area (Å²) in [5.41, 5.74) is 3.17. The normalized spacial score (nSPS) is 11.8. The Labute approximate surface area is 151 Å². The first kappa shape index (κ1) is 17.6. The molecule has 0 spiro atoms. The molecule has 1 unspecified atom stereocenters. The molecule has 0 aliphatic rings. The average molecular weight is 351 g/mol. The zero-order chi connectivity index (χ0) is 18.4. The molecule has 0 fully saturated rings. The number of aromatic nitrogens is 3. The number of nitrogens with one attached hydrogen (secondary N) is 2. The Morgan fingerprint density at radius 1 is 1.23 bits per heavy atom. The number of pyridine rings is 1. The lowest BCUT2D eigenvalue weighted by molar-refractivity contribution is 0.0940. The number of aliphatic hydroxyl groups excluding tert-OH is 1. The molecule has 3 rings (SSSR count). The topological polar surface area (TPSA) is 92.1 Å². The molecular weight excluding hydrogens is 330 g/mol. The van der Waals surface area contributed by atoms with Crippen molar-refractivity contribution in [1.82, 2.24) is 20.1 Å². The SMILES string of the molecule is CC(Nc1ccnc(C(=O)NCCO)c1)c1ccccc1-n1cccn1.